The molecule has 0 aliphatic heterocycles. The van der Waals surface area contributed by atoms with Crippen LogP contribution >= 0.6 is 0 Å². The highest BCUT2D eigenvalue weighted by Gasteiger charge is 2.18. The van der Waals surface area contributed by atoms with Crippen molar-refractivity contribution >= 4 is 16.7 Å². The number of benzene rings is 1. The second kappa shape index (κ2) is 3.40. The van der Waals surface area contributed by atoms with Crippen LogP contribution in [0.1, 0.15) is 0 Å². The highest BCUT2D eigenvalue weighted by Crippen LogP contribution is 2.21. The fourth-order valence-electron chi connectivity index (χ4n) is 1.35. The van der Waals surface area contributed by atoms with Crippen LogP contribution in [0.3, 0.4) is 0 Å². The number of nitro groups is 1. The Kier molecular flexibility index (Phi) is 2.16. The van der Waals surface area contributed by atoms with E-state index >= 15 is 0 Å². The van der Waals surface area contributed by atoms with Crippen LogP contribution in [0.15, 0.2) is 21.7 Å². The van der Waals surface area contributed by atoms with E-state index in [1.165, 1.54) is 0 Å². The van der Waals surface area contributed by atoms with Crippen molar-refractivity contribution in [3.63, 3.8) is 0 Å². The van der Waals surface area contributed by atoms with E-state index in [2.05, 4.69) is 0 Å². The van der Waals surface area contributed by atoms with Crippen LogP contribution in [0.25, 0.3) is 11.0 Å². The Labute approximate surface area is 90.7 Å². The summed E-state index contributed by atoms with van der Waals surface area (Å²) in [6.45, 7) is 0. The highest BCUT2D eigenvalue weighted by molar-refractivity contribution is 5.77. The lowest BCUT2D eigenvalue weighted by molar-refractivity contribution is -0.387. The van der Waals surface area contributed by atoms with Crippen LogP contribution < -0.4 is 11.1 Å². The predicted octanol–water partition coefficient (Wildman–Crippen LogP) is -0.0256. The number of aromatic amines is 1. The lowest BCUT2D eigenvalue weighted by Crippen LogP contribution is -2.35. The molecule has 0 saturated carbocycles. The van der Waals surface area contributed by atoms with Gasteiger partial charge in [-0.1, -0.05) is 0 Å². The zero-order valence-corrected chi connectivity index (χ0v) is 8.01. The molecule has 2 N–H and O–H groups in total. The quantitative estimate of drug-likeness (QED) is 0.314. The zero-order valence-electron chi connectivity index (χ0n) is 8.01. The maximum atomic E-state index is 13.2. The van der Waals surface area contributed by atoms with Crippen LogP contribution in [-0.2, 0) is 0 Å². The molecule has 0 unspecified atom stereocenters. The molecular weight excluding hydrogens is 237 g/mol. The molecule has 2 rings (SSSR count). The second-order valence-electron chi connectivity index (χ2n) is 3.15. The van der Waals surface area contributed by atoms with Gasteiger partial charge in [-0.25, -0.2) is 0 Å². The van der Waals surface area contributed by atoms with E-state index in [1.54, 1.807) is 0 Å². The fourth-order valence-corrected chi connectivity index (χ4v) is 1.35. The van der Waals surface area contributed by atoms with E-state index in [1.807, 2.05) is 4.98 Å². The second-order valence-corrected chi connectivity index (χ2v) is 3.15. The van der Waals surface area contributed by atoms with Crippen LogP contribution in [-0.4, -0.2) is 19.8 Å². The van der Waals surface area contributed by atoms with Gasteiger partial charge in [-0.05, 0) is 0 Å². The van der Waals surface area contributed by atoms with Crippen molar-refractivity contribution in [1.29, 1.82) is 0 Å². The van der Waals surface area contributed by atoms with E-state index < -0.39 is 27.5 Å². The minimum absolute atomic E-state index is 0.0685. The minimum atomic E-state index is -1.30. The summed E-state index contributed by atoms with van der Waals surface area (Å²) in [7, 11) is 0. The van der Waals surface area contributed by atoms with Crippen molar-refractivity contribution in [3.8, 4) is 0 Å². The van der Waals surface area contributed by atoms with Crippen LogP contribution in [0.5, 0.6) is 0 Å². The highest BCUT2D eigenvalue weighted by atomic mass is 19.1. The Morgan fingerprint density at radius 1 is 1.41 bits per heavy atom. The van der Waals surface area contributed by atoms with Crippen molar-refractivity contribution in [2.75, 3.05) is 0 Å². The standard InChI is InChI=1S/C8H4FN3O5/c9-3-1-6-4(2-5(3)12(16)17)10-7(13)8(14)11(6)15/h1-2,15H,(H,10,13). The number of halogens is 1. The molecule has 1 aromatic carbocycles. The van der Waals surface area contributed by atoms with Gasteiger partial charge in [0.05, 0.1) is 10.4 Å². The number of hydrogen-bond acceptors (Lipinski definition) is 5. The molecule has 9 heteroatoms. The summed E-state index contributed by atoms with van der Waals surface area (Å²) in [6, 6.07) is 1.31. The summed E-state index contributed by atoms with van der Waals surface area (Å²) < 4.78 is 13.2. The van der Waals surface area contributed by atoms with Crippen molar-refractivity contribution in [2.45, 2.75) is 0 Å². The minimum Gasteiger partial charge on any atom is -0.425 e. The lowest BCUT2D eigenvalue weighted by Gasteiger charge is -2.02. The molecule has 88 valence electrons. The van der Waals surface area contributed by atoms with Gasteiger partial charge in [0.1, 0.15) is 5.52 Å². The number of H-pyrrole nitrogens is 1. The smallest absolute Gasteiger partial charge is 0.348 e. The summed E-state index contributed by atoms with van der Waals surface area (Å²) in [4.78, 5) is 33.5. The summed E-state index contributed by atoms with van der Waals surface area (Å²) in [5, 5.41) is 19.7. The van der Waals surface area contributed by atoms with Gasteiger partial charge in [-0.3, -0.25) is 19.7 Å². The molecule has 0 aliphatic carbocycles. The summed E-state index contributed by atoms with van der Waals surface area (Å²) in [5.41, 5.74) is -3.92. The number of aromatic nitrogens is 2. The molecule has 0 aliphatic rings. The molecule has 0 amide bonds. The number of hydrogen-bond donors (Lipinski definition) is 2. The maximum Gasteiger partial charge on any atom is 0.348 e. The predicted molar refractivity (Wildman–Crippen MR) is 52.6 cm³/mol. The monoisotopic (exact) mass is 241 g/mol. The van der Waals surface area contributed by atoms with E-state index in [-0.39, 0.29) is 15.8 Å². The first-order valence-corrected chi connectivity index (χ1v) is 4.24. The Morgan fingerprint density at radius 3 is 2.65 bits per heavy atom. The summed E-state index contributed by atoms with van der Waals surface area (Å²) >= 11 is 0. The fraction of sp³-hybridized carbons (Fsp3) is 0. The van der Waals surface area contributed by atoms with E-state index in [9.17, 15) is 29.3 Å². The molecule has 1 aromatic heterocycles. The summed E-state index contributed by atoms with van der Waals surface area (Å²) in [6.07, 6.45) is 0. The number of nitrogens with zero attached hydrogens (tertiary/aromatic N) is 2. The molecule has 0 spiro atoms. The molecular formula is C8H4FN3O5. The molecule has 1 heterocycles. The molecule has 0 bridgehead atoms. The van der Waals surface area contributed by atoms with Crippen molar-refractivity contribution in [1.82, 2.24) is 9.71 Å². The number of rotatable bonds is 1. The molecule has 0 fully saturated rings. The molecule has 0 saturated heterocycles. The van der Waals surface area contributed by atoms with Crippen LogP contribution in [0.2, 0.25) is 0 Å². The third kappa shape index (κ3) is 1.53. The summed E-state index contributed by atoms with van der Waals surface area (Å²) in [5.74, 6) is -1.23. The SMILES string of the molecule is O=c1[nH]c2cc([N+](=O)[O-])c(F)cc2n(O)c1=O. The third-order valence-electron chi connectivity index (χ3n) is 2.12. The molecule has 0 radical (unpaired) electrons. The first kappa shape index (κ1) is 10.8. The van der Waals surface area contributed by atoms with Gasteiger partial charge in [-0.15, -0.1) is 4.73 Å². The van der Waals surface area contributed by atoms with Gasteiger partial charge < -0.3 is 10.2 Å². The van der Waals surface area contributed by atoms with E-state index in [4.69, 9.17) is 0 Å². The van der Waals surface area contributed by atoms with Gasteiger partial charge in [0.15, 0.2) is 0 Å². The van der Waals surface area contributed by atoms with Gasteiger partial charge in [-0.2, -0.15) is 4.39 Å². The van der Waals surface area contributed by atoms with E-state index in [0.717, 1.165) is 6.07 Å². The first-order valence-electron chi connectivity index (χ1n) is 4.24. The van der Waals surface area contributed by atoms with Gasteiger partial charge in [0.25, 0.3) is 0 Å². The van der Waals surface area contributed by atoms with Gasteiger partial charge in [0, 0.05) is 12.1 Å². The Hall–Kier alpha value is -2.71. The van der Waals surface area contributed by atoms with Gasteiger partial charge >= 0.3 is 16.8 Å². The zero-order chi connectivity index (χ0) is 12.7. The molecule has 2 aromatic rings. The number of nitro benzene ring substituents is 1. The van der Waals surface area contributed by atoms with E-state index in [0.29, 0.717) is 6.07 Å². The van der Waals surface area contributed by atoms with Crippen molar-refractivity contribution in [2.24, 2.45) is 0 Å². The first-order chi connectivity index (χ1) is 7.91. The lowest BCUT2D eigenvalue weighted by atomic mass is 10.2. The molecule has 8 nitrogen and oxygen atoms in total. The molecule has 17 heavy (non-hydrogen) atoms. The average Bonchev–Trinajstić information content (AvgIpc) is 2.26. The Bertz CT molecular complexity index is 747. The van der Waals surface area contributed by atoms with Crippen LogP contribution in [0.4, 0.5) is 10.1 Å². The third-order valence-corrected chi connectivity index (χ3v) is 2.12. The molecule has 0 atom stereocenters. The van der Waals surface area contributed by atoms with Crippen molar-refractivity contribution in [3.05, 3.63) is 48.8 Å². The number of nitrogens with one attached hydrogen (secondary N) is 1. The maximum absolute atomic E-state index is 13.2. The normalized spacial score (nSPS) is 10.6. The van der Waals surface area contributed by atoms with Crippen LogP contribution in [0, 0.1) is 15.9 Å². The number of fused-ring (bicyclic) bond motifs is 1. The topological polar surface area (TPSA) is 118 Å². The largest absolute Gasteiger partial charge is 0.425 e. The van der Waals surface area contributed by atoms with Crippen molar-refractivity contribution < 1.29 is 14.5 Å². The Morgan fingerprint density at radius 2 is 2.06 bits per heavy atom. The average molecular weight is 241 g/mol. The Balaban J connectivity index is 2.99. The van der Waals surface area contributed by atoms with Gasteiger partial charge in [0.2, 0.25) is 5.82 Å².